The van der Waals surface area contributed by atoms with E-state index in [0.717, 1.165) is 5.56 Å². The molecule has 2 rings (SSSR count). The van der Waals surface area contributed by atoms with Gasteiger partial charge in [-0.05, 0) is 29.8 Å². The predicted octanol–water partition coefficient (Wildman–Crippen LogP) is 3.09. The maximum absolute atomic E-state index is 11.0. The van der Waals surface area contributed by atoms with Crippen molar-refractivity contribution in [3.63, 3.8) is 0 Å². The zero-order valence-electron chi connectivity index (χ0n) is 11.4. The monoisotopic (exact) mass is 283 g/mol. The van der Waals surface area contributed by atoms with Crippen LogP contribution in [0.3, 0.4) is 0 Å². The molecule has 0 saturated carbocycles. The molecule has 0 unspecified atom stereocenters. The number of nitrogens with one attached hydrogen (secondary N) is 1. The molecule has 2 aromatic carbocycles. The summed E-state index contributed by atoms with van der Waals surface area (Å²) in [5.41, 5.74) is 2.03. The maximum atomic E-state index is 11.0. The summed E-state index contributed by atoms with van der Waals surface area (Å²) in [6.07, 6.45) is 0. The molecule has 0 spiro atoms. The average molecular weight is 283 g/mol. The molecule has 0 amide bonds. The molecule has 6 nitrogen and oxygen atoms in total. The minimum atomic E-state index is -0.486. The van der Waals surface area contributed by atoms with Crippen LogP contribution in [0.15, 0.2) is 42.5 Å². The number of benzene rings is 2. The molecule has 6 heteroatoms. The van der Waals surface area contributed by atoms with Crippen molar-refractivity contribution in [1.29, 1.82) is 5.26 Å². The highest BCUT2D eigenvalue weighted by molar-refractivity contribution is 5.58. The molecule has 0 aliphatic carbocycles. The fourth-order valence-electron chi connectivity index (χ4n) is 1.90. The summed E-state index contributed by atoms with van der Waals surface area (Å²) in [5.74, 6) is 0.219. The van der Waals surface area contributed by atoms with Crippen LogP contribution in [0.5, 0.6) is 5.75 Å². The molecule has 1 N–H and O–H groups in total. The van der Waals surface area contributed by atoms with Crippen LogP contribution in [0.25, 0.3) is 0 Å². The van der Waals surface area contributed by atoms with Gasteiger partial charge in [-0.3, -0.25) is 10.1 Å². The molecule has 0 saturated heterocycles. The van der Waals surface area contributed by atoms with Gasteiger partial charge in [-0.2, -0.15) is 5.26 Å². The maximum Gasteiger partial charge on any atom is 0.312 e. The number of nitriles is 1. The largest absolute Gasteiger partial charge is 0.490 e. The molecular weight excluding hydrogens is 270 g/mol. The van der Waals surface area contributed by atoms with Gasteiger partial charge in [0.1, 0.15) is 0 Å². The third-order valence-electron chi connectivity index (χ3n) is 2.93. The Morgan fingerprint density at radius 3 is 2.81 bits per heavy atom. The molecule has 21 heavy (non-hydrogen) atoms. The first-order valence-electron chi connectivity index (χ1n) is 6.19. The van der Waals surface area contributed by atoms with Crippen LogP contribution in [0.4, 0.5) is 11.4 Å². The average Bonchev–Trinajstić information content (AvgIpc) is 2.52. The lowest BCUT2D eigenvalue weighted by Gasteiger charge is -2.08. The smallest absolute Gasteiger partial charge is 0.312 e. The molecule has 106 valence electrons. The van der Waals surface area contributed by atoms with Crippen molar-refractivity contribution in [2.75, 3.05) is 12.4 Å². The normalized spacial score (nSPS) is 9.71. The van der Waals surface area contributed by atoms with E-state index < -0.39 is 4.92 Å². The third-order valence-corrected chi connectivity index (χ3v) is 2.93. The molecule has 0 aliphatic rings. The quantitative estimate of drug-likeness (QED) is 0.673. The Kier molecular flexibility index (Phi) is 4.36. The van der Waals surface area contributed by atoms with E-state index >= 15 is 0 Å². The van der Waals surface area contributed by atoms with Gasteiger partial charge < -0.3 is 10.1 Å². The van der Waals surface area contributed by atoms with Gasteiger partial charge >= 0.3 is 5.69 Å². The lowest BCUT2D eigenvalue weighted by molar-refractivity contribution is -0.385. The van der Waals surface area contributed by atoms with Crippen LogP contribution >= 0.6 is 0 Å². The minimum Gasteiger partial charge on any atom is -0.490 e. The molecule has 0 fully saturated rings. The highest BCUT2D eigenvalue weighted by atomic mass is 16.6. The highest BCUT2D eigenvalue weighted by Gasteiger charge is 2.14. The number of nitro benzene ring substituents is 1. The summed E-state index contributed by atoms with van der Waals surface area (Å²) in [5, 5.41) is 22.9. The van der Waals surface area contributed by atoms with E-state index in [1.807, 2.05) is 6.07 Å². The second-order valence-corrected chi connectivity index (χ2v) is 4.31. The van der Waals surface area contributed by atoms with Gasteiger partial charge in [0.15, 0.2) is 5.75 Å². The first-order chi connectivity index (χ1) is 10.1. The Bertz CT molecular complexity index is 708. The Labute approximate surface area is 121 Å². The van der Waals surface area contributed by atoms with E-state index in [4.69, 9.17) is 10.00 Å². The first kappa shape index (κ1) is 14.3. The number of hydrogen-bond acceptors (Lipinski definition) is 5. The summed E-state index contributed by atoms with van der Waals surface area (Å²) in [4.78, 5) is 10.5. The van der Waals surface area contributed by atoms with E-state index in [1.165, 1.54) is 13.2 Å². The molecule has 0 heterocycles. The fraction of sp³-hybridized carbons (Fsp3) is 0.133. The van der Waals surface area contributed by atoms with Gasteiger partial charge in [0.25, 0.3) is 0 Å². The molecule has 0 bridgehead atoms. The molecular formula is C15H13N3O3. The second-order valence-electron chi connectivity index (χ2n) is 4.31. The lowest BCUT2D eigenvalue weighted by atomic mass is 10.1. The molecule has 0 radical (unpaired) electrons. The van der Waals surface area contributed by atoms with Crippen molar-refractivity contribution < 1.29 is 9.66 Å². The van der Waals surface area contributed by atoms with Crippen molar-refractivity contribution in [3.05, 3.63) is 63.7 Å². The second kappa shape index (κ2) is 6.39. The predicted molar refractivity (Wildman–Crippen MR) is 78.1 cm³/mol. The van der Waals surface area contributed by atoms with E-state index in [2.05, 4.69) is 11.4 Å². The number of hydrogen-bond donors (Lipinski definition) is 1. The number of methoxy groups -OCH3 is 1. The van der Waals surface area contributed by atoms with Crippen LogP contribution < -0.4 is 10.1 Å². The number of rotatable bonds is 5. The van der Waals surface area contributed by atoms with Crippen LogP contribution in [-0.4, -0.2) is 12.0 Å². The summed E-state index contributed by atoms with van der Waals surface area (Å²) in [6.45, 7) is 0.471. The van der Waals surface area contributed by atoms with Gasteiger partial charge in [-0.1, -0.05) is 12.1 Å². The van der Waals surface area contributed by atoms with E-state index in [1.54, 1.807) is 30.3 Å². The Morgan fingerprint density at radius 1 is 1.33 bits per heavy atom. The van der Waals surface area contributed by atoms with Gasteiger partial charge in [0.05, 0.1) is 23.7 Å². The van der Waals surface area contributed by atoms with Crippen molar-refractivity contribution in [2.24, 2.45) is 0 Å². The standard InChI is InChI=1S/C15H13N3O3/c1-21-15-6-5-13(8-14(15)18(19)20)17-10-12-4-2-3-11(7-12)9-16/h2-8,17H,10H2,1H3. The molecule has 0 atom stereocenters. The topological polar surface area (TPSA) is 88.2 Å². The van der Waals surface area contributed by atoms with Gasteiger partial charge in [-0.25, -0.2) is 0 Å². The molecule has 2 aromatic rings. The Morgan fingerprint density at radius 2 is 2.14 bits per heavy atom. The number of nitrogens with zero attached hydrogens (tertiary/aromatic N) is 2. The van der Waals surface area contributed by atoms with Crippen molar-refractivity contribution in [3.8, 4) is 11.8 Å². The lowest BCUT2D eigenvalue weighted by Crippen LogP contribution is -2.01. The van der Waals surface area contributed by atoms with Crippen LogP contribution in [0, 0.1) is 21.4 Å². The number of nitro groups is 1. The number of anilines is 1. The highest BCUT2D eigenvalue weighted by Crippen LogP contribution is 2.29. The Hall–Kier alpha value is -3.07. The van der Waals surface area contributed by atoms with Gasteiger partial charge in [-0.15, -0.1) is 0 Å². The SMILES string of the molecule is COc1ccc(NCc2cccc(C#N)c2)cc1[N+](=O)[O-]. The zero-order valence-corrected chi connectivity index (χ0v) is 11.4. The van der Waals surface area contributed by atoms with E-state index in [0.29, 0.717) is 17.8 Å². The van der Waals surface area contributed by atoms with E-state index in [9.17, 15) is 10.1 Å². The van der Waals surface area contributed by atoms with Crippen molar-refractivity contribution in [2.45, 2.75) is 6.54 Å². The summed E-state index contributed by atoms with van der Waals surface area (Å²) in [7, 11) is 1.39. The van der Waals surface area contributed by atoms with Gasteiger partial charge in [0.2, 0.25) is 0 Å². The first-order valence-corrected chi connectivity index (χ1v) is 6.19. The van der Waals surface area contributed by atoms with Crippen molar-refractivity contribution >= 4 is 11.4 Å². The van der Waals surface area contributed by atoms with Gasteiger partial charge in [0, 0.05) is 18.3 Å². The van der Waals surface area contributed by atoms with E-state index in [-0.39, 0.29) is 11.4 Å². The summed E-state index contributed by atoms with van der Waals surface area (Å²) in [6, 6.07) is 13.9. The minimum absolute atomic E-state index is 0.0896. The molecule has 0 aromatic heterocycles. The fourth-order valence-corrected chi connectivity index (χ4v) is 1.90. The Balaban J connectivity index is 2.15. The molecule has 0 aliphatic heterocycles. The number of ether oxygens (including phenoxy) is 1. The third kappa shape index (κ3) is 3.48. The van der Waals surface area contributed by atoms with Crippen LogP contribution in [0.2, 0.25) is 0 Å². The summed E-state index contributed by atoms with van der Waals surface area (Å²) >= 11 is 0. The van der Waals surface area contributed by atoms with Crippen molar-refractivity contribution in [1.82, 2.24) is 0 Å². The summed E-state index contributed by atoms with van der Waals surface area (Å²) < 4.78 is 4.95. The van der Waals surface area contributed by atoms with Crippen LogP contribution in [0.1, 0.15) is 11.1 Å². The van der Waals surface area contributed by atoms with Crippen LogP contribution in [-0.2, 0) is 6.54 Å². The zero-order chi connectivity index (χ0) is 15.2.